The van der Waals surface area contributed by atoms with Crippen LogP contribution >= 0.6 is 0 Å². The molecule has 2 fully saturated rings. The van der Waals surface area contributed by atoms with Crippen molar-refractivity contribution in [3.05, 3.63) is 36.0 Å². The van der Waals surface area contributed by atoms with Crippen molar-refractivity contribution < 1.29 is 18.4 Å². The molecule has 6 nitrogen and oxygen atoms in total. The molecule has 1 aromatic carbocycles. The fraction of sp³-hybridized carbons (Fsp3) is 0.500. The average Bonchev–Trinajstić information content (AvgIpc) is 3.22. The number of aromatic nitrogens is 2. The van der Waals surface area contributed by atoms with Crippen LogP contribution in [0.1, 0.15) is 38.0 Å². The maximum atomic E-state index is 13.4. The average molecular weight is 345 g/mol. The zero-order valence-electron chi connectivity index (χ0n) is 14.0. The first-order chi connectivity index (χ1) is 12.1. The molecule has 25 heavy (non-hydrogen) atoms. The summed E-state index contributed by atoms with van der Waals surface area (Å²) in [6.07, 6.45) is 2.59. The van der Waals surface area contributed by atoms with Crippen molar-refractivity contribution in [1.82, 2.24) is 15.0 Å². The molecule has 3 heterocycles. The Morgan fingerprint density at radius 3 is 3.00 bits per heavy atom. The van der Waals surface area contributed by atoms with Gasteiger partial charge in [-0.15, -0.1) is 0 Å². The fourth-order valence-electron chi connectivity index (χ4n) is 3.67. The van der Waals surface area contributed by atoms with Crippen LogP contribution in [0.2, 0.25) is 0 Å². The van der Waals surface area contributed by atoms with Crippen molar-refractivity contribution in [2.45, 2.75) is 44.2 Å². The minimum atomic E-state index is -0.332. The number of hydrogen-bond acceptors (Lipinski definition) is 6. The number of halogens is 1. The van der Waals surface area contributed by atoms with Crippen molar-refractivity contribution >= 4 is 5.97 Å². The molecular formula is C18H20FN3O3. The smallest absolute Gasteiger partial charge is 0.323 e. The Morgan fingerprint density at radius 1 is 1.36 bits per heavy atom. The SMILES string of the molecule is C[C@@H]1C[C@@H](N2CCC[C@@H](c3nc(-c4cccc(F)c4)no3)C2)C(=O)O1. The van der Waals surface area contributed by atoms with Gasteiger partial charge in [-0.25, -0.2) is 4.39 Å². The molecule has 0 unspecified atom stereocenters. The highest BCUT2D eigenvalue weighted by Gasteiger charge is 2.39. The number of cyclic esters (lactones) is 1. The Hall–Kier alpha value is -2.28. The van der Waals surface area contributed by atoms with E-state index in [1.807, 2.05) is 6.92 Å². The van der Waals surface area contributed by atoms with Gasteiger partial charge in [0.1, 0.15) is 18.0 Å². The third-order valence-electron chi connectivity index (χ3n) is 4.91. The molecule has 4 rings (SSSR count). The van der Waals surface area contributed by atoms with Crippen LogP contribution < -0.4 is 0 Å². The lowest BCUT2D eigenvalue weighted by molar-refractivity contribution is -0.145. The van der Waals surface area contributed by atoms with Crippen molar-refractivity contribution in [3.8, 4) is 11.4 Å². The zero-order valence-corrected chi connectivity index (χ0v) is 14.0. The normalized spacial score (nSPS) is 27.4. The van der Waals surface area contributed by atoms with E-state index in [0.29, 0.717) is 23.8 Å². The summed E-state index contributed by atoms with van der Waals surface area (Å²) >= 11 is 0. The Bertz CT molecular complexity index is 778. The predicted octanol–water partition coefficient (Wildman–Crippen LogP) is 2.76. The van der Waals surface area contributed by atoms with Gasteiger partial charge in [-0.05, 0) is 38.4 Å². The van der Waals surface area contributed by atoms with E-state index in [4.69, 9.17) is 9.26 Å². The molecule has 0 radical (unpaired) electrons. The van der Waals surface area contributed by atoms with Gasteiger partial charge in [0, 0.05) is 18.5 Å². The Labute approximate surface area is 145 Å². The van der Waals surface area contributed by atoms with Crippen molar-refractivity contribution in [3.63, 3.8) is 0 Å². The van der Waals surface area contributed by atoms with Crippen molar-refractivity contribution in [2.24, 2.45) is 0 Å². The summed E-state index contributed by atoms with van der Waals surface area (Å²) in [5.74, 6) is 0.539. The van der Waals surface area contributed by atoms with Crippen molar-refractivity contribution in [1.29, 1.82) is 0 Å². The number of ether oxygens (including phenoxy) is 1. The standard InChI is InChI=1S/C18H20FN3O3/c1-11-8-15(18(23)24-11)22-7-3-5-13(10-22)17-20-16(21-25-17)12-4-2-6-14(19)9-12/h2,4,6,9,11,13,15H,3,5,7-8,10H2,1H3/t11-,13-,15-/m1/s1. The monoisotopic (exact) mass is 345 g/mol. The summed E-state index contributed by atoms with van der Waals surface area (Å²) in [5, 5.41) is 3.99. The van der Waals surface area contributed by atoms with Crippen molar-refractivity contribution in [2.75, 3.05) is 13.1 Å². The van der Waals surface area contributed by atoms with Gasteiger partial charge >= 0.3 is 5.97 Å². The molecule has 7 heteroatoms. The molecular weight excluding hydrogens is 325 g/mol. The largest absolute Gasteiger partial charge is 0.461 e. The molecule has 0 bridgehead atoms. The molecule has 3 atom stereocenters. The molecule has 2 aromatic rings. The molecule has 2 saturated heterocycles. The lowest BCUT2D eigenvalue weighted by atomic mass is 9.96. The van der Waals surface area contributed by atoms with Gasteiger partial charge in [0.2, 0.25) is 11.7 Å². The quantitative estimate of drug-likeness (QED) is 0.797. The first kappa shape index (κ1) is 16.2. The summed E-state index contributed by atoms with van der Waals surface area (Å²) in [5.41, 5.74) is 0.593. The van der Waals surface area contributed by atoms with E-state index in [2.05, 4.69) is 15.0 Å². The summed E-state index contributed by atoms with van der Waals surface area (Å²) in [6.45, 7) is 3.48. The van der Waals surface area contributed by atoms with Crippen LogP contribution in [0.4, 0.5) is 4.39 Å². The maximum absolute atomic E-state index is 13.4. The number of benzene rings is 1. The van der Waals surface area contributed by atoms with Crippen LogP contribution in [-0.4, -0.2) is 46.2 Å². The van der Waals surface area contributed by atoms with Crippen LogP contribution in [0.25, 0.3) is 11.4 Å². The number of carbonyl (C=O) groups is 1. The van der Waals surface area contributed by atoms with Gasteiger partial charge in [0.25, 0.3) is 0 Å². The highest BCUT2D eigenvalue weighted by atomic mass is 19.1. The number of piperidine rings is 1. The highest BCUT2D eigenvalue weighted by molar-refractivity contribution is 5.78. The van der Waals surface area contributed by atoms with E-state index in [-0.39, 0.29) is 29.9 Å². The minimum absolute atomic E-state index is 0.0270. The summed E-state index contributed by atoms with van der Waals surface area (Å²) in [6, 6.07) is 5.96. The second kappa shape index (κ2) is 6.55. The van der Waals surface area contributed by atoms with Crippen LogP contribution in [0, 0.1) is 5.82 Å². The van der Waals surface area contributed by atoms with E-state index in [9.17, 15) is 9.18 Å². The first-order valence-electron chi connectivity index (χ1n) is 8.64. The molecule has 1 aromatic heterocycles. The Kier molecular flexibility index (Phi) is 4.25. The van der Waals surface area contributed by atoms with E-state index in [1.165, 1.54) is 12.1 Å². The maximum Gasteiger partial charge on any atom is 0.323 e. The second-order valence-electron chi connectivity index (χ2n) is 6.80. The number of rotatable bonds is 3. The van der Waals surface area contributed by atoms with Gasteiger partial charge in [-0.2, -0.15) is 4.98 Å². The number of esters is 1. The number of nitrogens with zero attached hydrogens (tertiary/aromatic N) is 3. The lowest BCUT2D eigenvalue weighted by Crippen LogP contribution is -2.44. The predicted molar refractivity (Wildman–Crippen MR) is 87.2 cm³/mol. The molecule has 2 aliphatic rings. The molecule has 2 aliphatic heterocycles. The Morgan fingerprint density at radius 2 is 2.24 bits per heavy atom. The number of carbonyl (C=O) groups excluding carboxylic acids is 1. The fourth-order valence-corrected chi connectivity index (χ4v) is 3.67. The lowest BCUT2D eigenvalue weighted by Gasteiger charge is -2.33. The molecule has 0 aliphatic carbocycles. The molecule has 0 amide bonds. The third kappa shape index (κ3) is 3.28. The van der Waals surface area contributed by atoms with Crippen LogP contribution in [0.3, 0.4) is 0 Å². The summed E-state index contributed by atoms with van der Waals surface area (Å²) in [7, 11) is 0. The minimum Gasteiger partial charge on any atom is -0.461 e. The zero-order chi connectivity index (χ0) is 17.4. The first-order valence-corrected chi connectivity index (χ1v) is 8.64. The van der Waals surface area contributed by atoms with E-state index >= 15 is 0 Å². The van der Waals surface area contributed by atoms with Gasteiger partial charge in [0.05, 0.1) is 5.92 Å². The summed E-state index contributed by atoms with van der Waals surface area (Å²) in [4.78, 5) is 18.6. The molecule has 132 valence electrons. The highest BCUT2D eigenvalue weighted by Crippen LogP contribution is 2.31. The van der Waals surface area contributed by atoms with Crippen LogP contribution in [0.5, 0.6) is 0 Å². The number of likely N-dealkylation sites (tertiary alicyclic amines) is 1. The van der Waals surface area contributed by atoms with Crippen LogP contribution in [-0.2, 0) is 9.53 Å². The van der Waals surface area contributed by atoms with Gasteiger partial charge in [-0.3, -0.25) is 9.69 Å². The van der Waals surface area contributed by atoms with E-state index < -0.39 is 0 Å². The van der Waals surface area contributed by atoms with E-state index in [1.54, 1.807) is 12.1 Å². The topological polar surface area (TPSA) is 68.5 Å². The molecule has 0 spiro atoms. The van der Waals surface area contributed by atoms with Gasteiger partial charge in [0.15, 0.2) is 0 Å². The van der Waals surface area contributed by atoms with Crippen LogP contribution in [0.15, 0.2) is 28.8 Å². The second-order valence-corrected chi connectivity index (χ2v) is 6.80. The van der Waals surface area contributed by atoms with Gasteiger partial charge < -0.3 is 9.26 Å². The third-order valence-corrected chi connectivity index (χ3v) is 4.91. The van der Waals surface area contributed by atoms with E-state index in [0.717, 1.165) is 25.8 Å². The molecule has 0 N–H and O–H groups in total. The number of hydrogen-bond donors (Lipinski definition) is 0. The Balaban J connectivity index is 1.49. The summed E-state index contributed by atoms with van der Waals surface area (Å²) < 4.78 is 24.1. The van der Waals surface area contributed by atoms with Gasteiger partial charge in [-0.1, -0.05) is 17.3 Å². The molecule has 0 saturated carbocycles.